The molecule has 0 bridgehead atoms. The minimum Gasteiger partial charge on any atom is -0.478 e. The molecule has 0 fully saturated rings. The van der Waals surface area contributed by atoms with E-state index in [2.05, 4.69) is 5.32 Å². The van der Waals surface area contributed by atoms with Gasteiger partial charge in [0.25, 0.3) is 0 Å². The number of sulfonamides is 1. The Hall–Kier alpha value is -2.54. The molecule has 0 aliphatic rings. The molecule has 0 spiro atoms. The Morgan fingerprint density at radius 1 is 1.13 bits per heavy atom. The summed E-state index contributed by atoms with van der Waals surface area (Å²) >= 11 is 0. The second-order valence-electron chi connectivity index (χ2n) is 4.97. The number of carbonyl (C=O) groups is 1. The van der Waals surface area contributed by atoms with Gasteiger partial charge in [-0.1, -0.05) is 18.2 Å². The summed E-state index contributed by atoms with van der Waals surface area (Å²) in [5, 5.41) is 12.3. The van der Waals surface area contributed by atoms with Gasteiger partial charge in [-0.3, -0.25) is 0 Å². The average Bonchev–Trinajstić information content (AvgIpc) is 2.47. The molecule has 6 nitrogen and oxygen atoms in total. The smallest absolute Gasteiger partial charge is 0.335 e. The Morgan fingerprint density at radius 3 is 2.30 bits per heavy atom. The lowest BCUT2D eigenvalue weighted by molar-refractivity contribution is 0.0697. The first kappa shape index (κ1) is 16.8. The molecule has 0 atom stereocenters. The highest BCUT2D eigenvalue weighted by Gasteiger charge is 2.21. The minimum atomic E-state index is -3.63. The number of benzene rings is 2. The van der Waals surface area contributed by atoms with Gasteiger partial charge >= 0.3 is 5.97 Å². The third-order valence-corrected chi connectivity index (χ3v) is 4.19. The summed E-state index contributed by atoms with van der Waals surface area (Å²) in [7, 11) is -3.63. The van der Waals surface area contributed by atoms with Crippen molar-refractivity contribution in [2.45, 2.75) is 6.92 Å². The maximum Gasteiger partial charge on any atom is 0.335 e. The molecule has 0 heterocycles. The van der Waals surface area contributed by atoms with Crippen LogP contribution in [0.1, 0.15) is 17.3 Å². The van der Waals surface area contributed by atoms with Crippen molar-refractivity contribution in [2.24, 2.45) is 0 Å². The van der Waals surface area contributed by atoms with Crippen molar-refractivity contribution in [3.05, 3.63) is 54.1 Å². The third-order valence-electron chi connectivity index (χ3n) is 3.10. The fourth-order valence-corrected chi connectivity index (χ4v) is 3.25. The summed E-state index contributed by atoms with van der Waals surface area (Å²) in [6, 6.07) is 13.0. The summed E-state index contributed by atoms with van der Waals surface area (Å²) in [5.74, 6) is -1.12. The molecule has 122 valence electrons. The number of nitrogens with zero attached hydrogens (tertiary/aromatic N) is 1. The van der Waals surface area contributed by atoms with Gasteiger partial charge in [0.05, 0.1) is 23.2 Å². The van der Waals surface area contributed by atoms with E-state index in [1.165, 1.54) is 12.1 Å². The number of hydrogen-bond acceptors (Lipinski definition) is 4. The van der Waals surface area contributed by atoms with E-state index in [1.807, 2.05) is 6.92 Å². The quantitative estimate of drug-likeness (QED) is 0.848. The first-order valence-electron chi connectivity index (χ1n) is 7.00. The summed E-state index contributed by atoms with van der Waals surface area (Å²) in [4.78, 5) is 11.3. The molecule has 2 rings (SSSR count). The van der Waals surface area contributed by atoms with Gasteiger partial charge in [-0.05, 0) is 37.3 Å². The molecule has 0 saturated heterocycles. The zero-order valence-electron chi connectivity index (χ0n) is 12.9. The fourth-order valence-electron chi connectivity index (χ4n) is 2.25. The van der Waals surface area contributed by atoms with E-state index in [0.29, 0.717) is 17.9 Å². The van der Waals surface area contributed by atoms with Gasteiger partial charge in [-0.15, -0.1) is 0 Å². The predicted molar refractivity (Wildman–Crippen MR) is 91.0 cm³/mol. The van der Waals surface area contributed by atoms with Crippen LogP contribution in [0.5, 0.6) is 0 Å². The molecule has 0 radical (unpaired) electrons. The van der Waals surface area contributed by atoms with E-state index in [0.717, 1.165) is 10.6 Å². The Morgan fingerprint density at radius 2 is 1.78 bits per heavy atom. The molecule has 7 heteroatoms. The van der Waals surface area contributed by atoms with Crippen molar-refractivity contribution < 1.29 is 18.3 Å². The SMILES string of the molecule is CCNc1cc(C(=O)O)cc(N(c2ccccc2)S(C)(=O)=O)c1. The van der Waals surface area contributed by atoms with Gasteiger partial charge in [0.15, 0.2) is 0 Å². The molecular weight excluding hydrogens is 316 g/mol. The molecule has 0 aliphatic carbocycles. The lowest BCUT2D eigenvalue weighted by Crippen LogP contribution is -2.25. The maximum absolute atomic E-state index is 12.2. The molecule has 2 aromatic rings. The van der Waals surface area contributed by atoms with Crippen LogP contribution in [0.3, 0.4) is 0 Å². The zero-order chi connectivity index (χ0) is 17.0. The van der Waals surface area contributed by atoms with Gasteiger partial charge in [0, 0.05) is 12.2 Å². The van der Waals surface area contributed by atoms with Crippen LogP contribution >= 0.6 is 0 Å². The van der Waals surface area contributed by atoms with Crippen LogP contribution in [-0.2, 0) is 10.0 Å². The Kier molecular flexibility index (Phi) is 4.90. The van der Waals surface area contributed by atoms with Crippen LogP contribution in [0.25, 0.3) is 0 Å². The molecule has 0 amide bonds. The second kappa shape index (κ2) is 6.70. The maximum atomic E-state index is 12.2. The second-order valence-corrected chi connectivity index (χ2v) is 6.80. The van der Waals surface area contributed by atoms with Gasteiger partial charge < -0.3 is 10.4 Å². The van der Waals surface area contributed by atoms with E-state index in [4.69, 9.17) is 0 Å². The van der Waals surface area contributed by atoms with Crippen molar-refractivity contribution >= 4 is 33.1 Å². The van der Waals surface area contributed by atoms with Crippen molar-refractivity contribution in [3.8, 4) is 0 Å². The molecule has 0 saturated carbocycles. The minimum absolute atomic E-state index is 0.0167. The highest BCUT2D eigenvalue weighted by Crippen LogP contribution is 2.31. The van der Waals surface area contributed by atoms with Crippen molar-refractivity contribution in [3.63, 3.8) is 0 Å². The zero-order valence-corrected chi connectivity index (χ0v) is 13.7. The van der Waals surface area contributed by atoms with E-state index in [1.54, 1.807) is 36.4 Å². The van der Waals surface area contributed by atoms with Gasteiger partial charge in [0.1, 0.15) is 0 Å². The fraction of sp³-hybridized carbons (Fsp3) is 0.188. The Balaban J connectivity index is 2.65. The first-order chi connectivity index (χ1) is 10.8. The van der Waals surface area contributed by atoms with E-state index in [-0.39, 0.29) is 11.3 Å². The number of carboxylic acids is 1. The summed E-state index contributed by atoms with van der Waals surface area (Å²) in [6.45, 7) is 2.46. The number of nitrogens with one attached hydrogen (secondary N) is 1. The summed E-state index contributed by atoms with van der Waals surface area (Å²) in [5.41, 5.74) is 1.28. The summed E-state index contributed by atoms with van der Waals surface area (Å²) in [6.07, 6.45) is 1.08. The topological polar surface area (TPSA) is 86.7 Å². The highest BCUT2D eigenvalue weighted by molar-refractivity contribution is 7.92. The predicted octanol–water partition coefficient (Wildman–Crippen LogP) is 2.91. The number of hydrogen-bond donors (Lipinski definition) is 2. The number of anilines is 3. The third kappa shape index (κ3) is 4.01. The lowest BCUT2D eigenvalue weighted by Gasteiger charge is -2.23. The van der Waals surface area contributed by atoms with Crippen LogP contribution in [0.15, 0.2) is 48.5 Å². The van der Waals surface area contributed by atoms with Crippen LogP contribution in [0.4, 0.5) is 17.1 Å². The molecule has 23 heavy (non-hydrogen) atoms. The van der Waals surface area contributed by atoms with E-state index < -0.39 is 16.0 Å². The van der Waals surface area contributed by atoms with Crippen LogP contribution in [-0.4, -0.2) is 32.3 Å². The lowest BCUT2D eigenvalue weighted by atomic mass is 10.1. The summed E-state index contributed by atoms with van der Waals surface area (Å²) < 4.78 is 25.6. The van der Waals surface area contributed by atoms with E-state index in [9.17, 15) is 18.3 Å². The van der Waals surface area contributed by atoms with Crippen molar-refractivity contribution in [1.82, 2.24) is 0 Å². The molecule has 0 aliphatic heterocycles. The number of aromatic carboxylic acids is 1. The molecular formula is C16H18N2O4S. The molecule has 2 aromatic carbocycles. The van der Waals surface area contributed by atoms with Gasteiger partial charge in [-0.2, -0.15) is 0 Å². The van der Waals surface area contributed by atoms with Crippen LogP contribution in [0, 0.1) is 0 Å². The van der Waals surface area contributed by atoms with Crippen molar-refractivity contribution in [2.75, 3.05) is 22.4 Å². The normalized spacial score (nSPS) is 11.0. The average molecular weight is 334 g/mol. The Bertz CT molecular complexity index is 804. The number of para-hydroxylation sites is 1. The molecule has 2 N–H and O–H groups in total. The number of rotatable bonds is 6. The first-order valence-corrected chi connectivity index (χ1v) is 8.85. The van der Waals surface area contributed by atoms with Gasteiger partial charge in [-0.25, -0.2) is 17.5 Å². The highest BCUT2D eigenvalue weighted by atomic mass is 32.2. The van der Waals surface area contributed by atoms with Crippen LogP contribution < -0.4 is 9.62 Å². The van der Waals surface area contributed by atoms with Crippen LogP contribution in [0.2, 0.25) is 0 Å². The van der Waals surface area contributed by atoms with E-state index >= 15 is 0 Å². The largest absolute Gasteiger partial charge is 0.478 e. The standard InChI is InChI=1S/C16H18N2O4S/c1-3-17-13-9-12(16(19)20)10-15(11-13)18(23(2,21)22)14-7-5-4-6-8-14/h4-11,17H,3H2,1-2H3,(H,19,20). The van der Waals surface area contributed by atoms with Crippen molar-refractivity contribution in [1.29, 1.82) is 0 Å². The Labute approximate surface area is 135 Å². The molecule has 0 unspecified atom stereocenters. The van der Waals surface area contributed by atoms with Gasteiger partial charge in [0.2, 0.25) is 10.0 Å². The molecule has 0 aromatic heterocycles. The monoisotopic (exact) mass is 334 g/mol. The number of carboxylic acid groups (broad SMARTS) is 1.